The van der Waals surface area contributed by atoms with E-state index in [1.54, 1.807) is 20.8 Å². The van der Waals surface area contributed by atoms with Crippen LogP contribution in [-0.2, 0) is 18.6 Å². The standard InChI is InChI=1S/C16H26F2NO7P/c1-15(2,3)26-14(21)19-5-4-10(8-19)13(20)12-7-16(17,18)6-11(12)9-25-27(22,23)24/h10-12H,4-9H2,1-3H3,(H2,22,23,24)/t10?,11-,12?/m1/s1. The van der Waals surface area contributed by atoms with Gasteiger partial charge in [-0.25, -0.2) is 18.1 Å². The van der Waals surface area contributed by atoms with Crippen molar-refractivity contribution in [1.82, 2.24) is 4.90 Å². The van der Waals surface area contributed by atoms with Crippen molar-refractivity contribution in [2.45, 2.75) is 51.6 Å². The average molecular weight is 413 g/mol. The highest BCUT2D eigenvalue weighted by Crippen LogP contribution is 2.47. The molecule has 1 aliphatic heterocycles. The van der Waals surface area contributed by atoms with Gasteiger partial charge in [-0.05, 0) is 33.1 Å². The number of alkyl halides is 2. The topological polar surface area (TPSA) is 113 Å². The summed E-state index contributed by atoms with van der Waals surface area (Å²) in [5.41, 5.74) is -0.683. The number of hydrogen-bond acceptors (Lipinski definition) is 5. The zero-order valence-electron chi connectivity index (χ0n) is 15.6. The number of hydrogen-bond donors (Lipinski definition) is 2. The van der Waals surface area contributed by atoms with Gasteiger partial charge >= 0.3 is 13.9 Å². The quantitative estimate of drug-likeness (QED) is 0.666. The number of rotatable bonds is 5. The van der Waals surface area contributed by atoms with Gasteiger partial charge in [-0.15, -0.1) is 0 Å². The molecule has 0 bridgehead atoms. The Balaban J connectivity index is 2.00. The van der Waals surface area contributed by atoms with Crippen LogP contribution in [0, 0.1) is 17.8 Å². The molecule has 156 valence electrons. The molecule has 0 aromatic heterocycles. The molecule has 2 aliphatic rings. The van der Waals surface area contributed by atoms with Crippen LogP contribution in [0.15, 0.2) is 0 Å². The number of phosphoric ester groups is 1. The molecule has 3 atom stereocenters. The first kappa shape index (κ1) is 22.2. The van der Waals surface area contributed by atoms with Crippen LogP contribution in [0.4, 0.5) is 13.6 Å². The zero-order chi connectivity index (χ0) is 20.6. The van der Waals surface area contributed by atoms with Gasteiger partial charge < -0.3 is 19.4 Å². The Morgan fingerprint density at radius 2 is 1.89 bits per heavy atom. The first-order chi connectivity index (χ1) is 12.2. The maximum Gasteiger partial charge on any atom is 0.469 e. The third-order valence-electron chi connectivity index (χ3n) is 4.71. The Morgan fingerprint density at radius 1 is 1.26 bits per heavy atom. The molecule has 1 aliphatic carbocycles. The van der Waals surface area contributed by atoms with Crippen LogP contribution < -0.4 is 0 Å². The molecule has 2 N–H and O–H groups in total. The summed E-state index contributed by atoms with van der Waals surface area (Å²) in [6.07, 6.45) is -1.56. The van der Waals surface area contributed by atoms with Crippen molar-refractivity contribution in [2.75, 3.05) is 19.7 Å². The number of phosphoric acid groups is 1. The average Bonchev–Trinajstić information content (AvgIpc) is 3.06. The van der Waals surface area contributed by atoms with Gasteiger partial charge in [-0.2, -0.15) is 0 Å². The highest BCUT2D eigenvalue weighted by molar-refractivity contribution is 7.46. The normalized spacial score (nSPS) is 28.4. The highest BCUT2D eigenvalue weighted by atomic mass is 31.2. The minimum absolute atomic E-state index is 0.0852. The van der Waals surface area contributed by atoms with Crippen molar-refractivity contribution in [3.63, 3.8) is 0 Å². The Labute approximate surface area is 156 Å². The van der Waals surface area contributed by atoms with E-state index in [9.17, 15) is 22.9 Å². The molecule has 0 radical (unpaired) electrons. The SMILES string of the molecule is CC(C)(C)OC(=O)N1CCC(C(=O)C2CC(F)(F)C[C@@H]2COP(=O)(O)O)C1. The van der Waals surface area contributed by atoms with Crippen molar-refractivity contribution in [2.24, 2.45) is 17.8 Å². The lowest BCUT2D eigenvalue weighted by Gasteiger charge is -2.25. The van der Waals surface area contributed by atoms with E-state index in [2.05, 4.69) is 4.52 Å². The number of Topliss-reactive ketones (excluding diaryl/α,β-unsaturated/α-hetero) is 1. The van der Waals surface area contributed by atoms with Gasteiger partial charge in [-0.3, -0.25) is 9.32 Å². The van der Waals surface area contributed by atoms with E-state index < -0.39 is 68.4 Å². The van der Waals surface area contributed by atoms with Crippen LogP contribution in [0.5, 0.6) is 0 Å². The van der Waals surface area contributed by atoms with E-state index in [4.69, 9.17) is 14.5 Å². The number of carbonyl (C=O) groups is 2. The number of likely N-dealkylation sites (tertiary alicyclic amines) is 1. The summed E-state index contributed by atoms with van der Waals surface area (Å²) in [6.45, 7) is 4.92. The molecule has 1 saturated carbocycles. The molecule has 2 fully saturated rings. The summed E-state index contributed by atoms with van der Waals surface area (Å²) < 4.78 is 48.1. The second kappa shape index (κ2) is 7.73. The van der Waals surface area contributed by atoms with Crippen molar-refractivity contribution >= 4 is 19.7 Å². The third kappa shape index (κ3) is 6.48. The third-order valence-corrected chi connectivity index (χ3v) is 5.20. The molecule has 8 nitrogen and oxygen atoms in total. The Bertz CT molecular complexity index is 631. The summed E-state index contributed by atoms with van der Waals surface area (Å²) in [7, 11) is -4.81. The second-order valence-corrected chi connectivity index (χ2v) is 9.47. The van der Waals surface area contributed by atoms with E-state index in [-0.39, 0.29) is 13.1 Å². The fourth-order valence-electron chi connectivity index (χ4n) is 3.59. The zero-order valence-corrected chi connectivity index (χ0v) is 16.5. The lowest BCUT2D eigenvalue weighted by Crippen LogP contribution is -2.36. The fourth-order valence-corrected chi connectivity index (χ4v) is 3.97. The van der Waals surface area contributed by atoms with Gasteiger partial charge in [0.1, 0.15) is 11.4 Å². The van der Waals surface area contributed by atoms with Crippen molar-refractivity contribution in [3.8, 4) is 0 Å². The fraction of sp³-hybridized carbons (Fsp3) is 0.875. The minimum Gasteiger partial charge on any atom is -0.444 e. The van der Waals surface area contributed by atoms with E-state index in [0.29, 0.717) is 6.42 Å². The Kier molecular flexibility index (Phi) is 6.36. The van der Waals surface area contributed by atoms with E-state index in [0.717, 1.165) is 0 Å². The summed E-state index contributed by atoms with van der Waals surface area (Å²) in [4.78, 5) is 43.8. The summed E-state index contributed by atoms with van der Waals surface area (Å²) in [6, 6.07) is 0. The number of halogens is 2. The molecule has 27 heavy (non-hydrogen) atoms. The van der Waals surface area contributed by atoms with Gasteiger partial charge in [0.05, 0.1) is 6.61 Å². The predicted molar refractivity (Wildman–Crippen MR) is 90.1 cm³/mol. The van der Waals surface area contributed by atoms with Crippen LogP contribution >= 0.6 is 7.82 Å². The summed E-state index contributed by atoms with van der Waals surface area (Å²) in [5.74, 6) is -6.15. The lowest BCUT2D eigenvalue weighted by molar-refractivity contribution is -0.128. The Hall–Kier alpha value is -1.09. The van der Waals surface area contributed by atoms with Crippen LogP contribution in [0.1, 0.15) is 40.0 Å². The van der Waals surface area contributed by atoms with Crippen molar-refractivity contribution < 1.29 is 42.0 Å². The monoisotopic (exact) mass is 413 g/mol. The first-order valence-corrected chi connectivity index (χ1v) is 10.3. The molecule has 2 unspecified atom stereocenters. The second-order valence-electron chi connectivity index (χ2n) is 8.23. The van der Waals surface area contributed by atoms with Crippen LogP contribution in [0.25, 0.3) is 0 Å². The van der Waals surface area contributed by atoms with Gasteiger partial charge in [0.25, 0.3) is 0 Å². The number of ether oxygens (including phenoxy) is 1. The molecular formula is C16H26F2NO7P. The Morgan fingerprint density at radius 3 is 2.44 bits per heavy atom. The number of carbonyl (C=O) groups excluding carboxylic acids is 2. The molecule has 2 rings (SSSR count). The maximum absolute atomic E-state index is 13.8. The van der Waals surface area contributed by atoms with Crippen LogP contribution in [0.2, 0.25) is 0 Å². The van der Waals surface area contributed by atoms with Gasteiger partial charge in [0.15, 0.2) is 0 Å². The highest BCUT2D eigenvalue weighted by Gasteiger charge is 2.51. The van der Waals surface area contributed by atoms with Gasteiger partial charge in [-0.1, -0.05) is 0 Å². The molecule has 0 aromatic carbocycles. The molecule has 11 heteroatoms. The smallest absolute Gasteiger partial charge is 0.444 e. The predicted octanol–water partition coefficient (Wildman–Crippen LogP) is 2.58. The van der Waals surface area contributed by atoms with E-state index in [1.165, 1.54) is 4.90 Å². The van der Waals surface area contributed by atoms with Gasteiger partial charge in [0, 0.05) is 37.8 Å². The summed E-state index contributed by atoms with van der Waals surface area (Å²) in [5, 5.41) is 0. The number of amides is 1. The molecule has 0 spiro atoms. The summed E-state index contributed by atoms with van der Waals surface area (Å²) >= 11 is 0. The molecular weight excluding hydrogens is 387 g/mol. The molecule has 1 heterocycles. The largest absolute Gasteiger partial charge is 0.469 e. The van der Waals surface area contributed by atoms with Crippen molar-refractivity contribution in [3.05, 3.63) is 0 Å². The van der Waals surface area contributed by atoms with E-state index in [1.807, 2.05) is 0 Å². The van der Waals surface area contributed by atoms with E-state index >= 15 is 0 Å². The van der Waals surface area contributed by atoms with Crippen LogP contribution in [-0.4, -0.2) is 57.8 Å². The minimum atomic E-state index is -4.81. The van der Waals surface area contributed by atoms with Crippen LogP contribution in [0.3, 0.4) is 0 Å². The lowest BCUT2D eigenvalue weighted by atomic mass is 9.85. The number of nitrogens with zero attached hydrogens (tertiary/aromatic N) is 1. The molecule has 0 aromatic rings. The number of ketones is 1. The van der Waals surface area contributed by atoms with Gasteiger partial charge in [0.2, 0.25) is 5.92 Å². The molecule has 1 amide bonds. The molecule has 1 saturated heterocycles. The first-order valence-electron chi connectivity index (χ1n) is 8.76. The van der Waals surface area contributed by atoms with Crippen molar-refractivity contribution in [1.29, 1.82) is 0 Å². The maximum atomic E-state index is 13.8.